The van der Waals surface area contributed by atoms with Gasteiger partial charge in [0.05, 0.1) is 16.8 Å². The van der Waals surface area contributed by atoms with Crippen LogP contribution in [-0.4, -0.2) is 22.8 Å². The van der Waals surface area contributed by atoms with Crippen molar-refractivity contribution in [3.05, 3.63) is 101 Å². The van der Waals surface area contributed by atoms with E-state index in [2.05, 4.69) is 0 Å². The summed E-state index contributed by atoms with van der Waals surface area (Å²) >= 11 is 0. The monoisotopic (exact) mass is 409 g/mol. The number of carbonyl (C=O) groups excluding carboxylic acids is 2. The minimum atomic E-state index is -0.897. The highest BCUT2D eigenvalue weighted by molar-refractivity contribution is 6.07. The van der Waals surface area contributed by atoms with Gasteiger partial charge < -0.3 is 4.74 Å². The molecule has 0 bridgehead atoms. The second-order valence-corrected chi connectivity index (χ2v) is 7.67. The molecule has 3 aromatic carbocycles. The van der Waals surface area contributed by atoms with E-state index in [0.29, 0.717) is 22.2 Å². The van der Waals surface area contributed by atoms with Crippen molar-refractivity contribution in [2.45, 2.75) is 26.9 Å². The topological polar surface area (TPSA) is 56.3 Å². The third-order valence-electron chi connectivity index (χ3n) is 5.32. The first-order chi connectivity index (χ1) is 14.9. The maximum Gasteiger partial charge on any atom is 0.339 e. The predicted molar refractivity (Wildman–Crippen MR) is 122 cm³/mol. The first kappa shape index (κ1) is 20.5. The molecular formula is C27H23NO3. The number of nitrogens with zero attached hydrogens (tertiary/aromatic N) is 1. The molecule has 4 nitrogen and oxygen atoms in total. The summed E-state index contributed by atoms with van der Waals surface area (Å²) in [7, 11) is 0. The van der Waals surface area contributed by atoms with Gasteiger partial charge in [-0.2, -0.15) is 0 Å². The number of carbonyl (C=O) groups is 2. The lowest BCUT2D eigenvalue weighted by atomic mass is 10.0. The highest BCUT2D eigenvalue weighted by atomic mass is 16.5. The SMILES string of the molecule is Cc1ccc(-c2cc(C(=O)O[C@H](C)C(=O)c3ccccc3)c3cccc(C)c3n2)cc1. The van der Waals surface area contributed by atoms with Crippen molar-refractivity contribution in [2.24, 2.45) is 0 Å². The summed E-state index contributed by atoms with van der Waals surface area (Å²) in [4.78, 5) is 30.6. The largest absolute Gasteiger partial charge is 0.451 e. The minimum Gasteiger partial charge on any atom is -0.451 e. The maximum absolute atomic E-state index is 13.2. The molecule has 0 radical (unpaired) electrons. The number of aromatic nitrogens is 1. The molecule has 0 aliphatic heterocycles. The summed E-state index contributed by atoms with van der Waals surface area (Å²) in [6, 6.07) is 24.3. The summed E-state index contributed by atoms with van der Waals surface area (Å²) in [5.74, 6) is -0.773. The highest BCUT2D eigenvalue weighted by Gasteiger charge is 2.23. The summed E-state index contributed by atoms with van der Waals surface area (Å²) in [5, 5.41) is 0.709. The molecule has 0 spiro atoms. The molecule has 0 saturated heterocycles. The number of benzene rings is 3. The number of aryl methyl sites for hydroxylation is 2. The molecule has 1 atom stereocenters. The van der Waals surface area contributed by atoms with Crippen LogP contribution in [0.3, 0.4) is 0 Å². The number of ether oxygens (including phenoxy) is 1. The van der Waals surface area contributed by atoms with Crippen LogP contribution in [0.15, 0.2) is 78.9 Å². The van der Waals surface area contributed by atoms with Crippen LogP contribution < -0.4 is 0 Å². The number of ketones is 1. The molecule has 4 aromatic rings. The summed E-state index contributed by atoms with van der Waals surface area (Å²) in [6.45, 7) is 5.59. The molecule has 0 aliphatic carbocycles. The van der Waals surface area contributed by atoms with E-state index in [4.69, 9.17) is 9.72 Å². The zero-order chi connectivity index (χ0) is 22.0. The fraction of sp³-hybridized carbons (Fsp3) is 0.148. The first-order valence-corrected chi connectivity index (χ1v) is 10.2. The van der Waals surface area contributed by atoms with Crippen LogP contribution in [0.25, 0.3) is 22.2 Å². The number of hydrogen-bond acceptors (Lipinski definition) is 4. The van der Waals surface area contributed by atoms with Gasteiger partial charge in [0.25, 0.3) is 0 Å². The van der Waals surface area contributed by atoms with Gasteiger partial charge >= 0.3 is 5.97 Å². The number of hydrogen-bond donors (Lipinski definition) is 0. The van der Waals surface area contributed by atoms with Crippen LogP contribution in [0.5, 0.6) is 0 Å². The molecule has 0 N–H and O–H groups in total. The van der Waals surface area contributed by atoms with Crippen molar-refractivity contribution in [1.29, 1.82) is 0 Å². The molecule has 0 aliphatic rings. The molecule has 0 fully saturated rings. The molecule has 4 heteroatoms. The van der Waals surface area contributed by atoms with Gasteiger partial charge in [-0.15, -0.1) is 0 Å². The lowest BCUT2D eigenvalue weighted by Crippen LogP contribution is -2.24. The van der Waals surface area contributed by atoms with Gasteiger partial charge in [-0.25, -0.2) is 9.78 Å². The Morgan fingerprint density at radius 1 is 0.871 bits per heavy atom. The molecule has 31 heavy (non-hydrogen) atoms. The molecule has 0 saturated carbocycles. The molecule has 1 aromatic heterocycles. The molecule has 0 unspecified atom stereocenters. The quantitative estimate of drug-likeness (QED) is 0.302. The number of esters is 1. The Hall–Kier alpha value is -3.79. The van der Waals surface area contributed by atoms with Crippen molar-refractivity contribution < 1.29 is 14.3 Å². The first-order valence-electron chi connectivity index (χ1n) is 10.2. The lowest BCUT2D eigenvalue weighted by Gasteiger charge is -2.15. The van der Waals surface area contributed by atoms with Gasteiger partial charge in [0.15, 0.2) is 6.10 Å². The summed E-state index contributed by atoms with van der Waals surface area (Å²) in [6.07, 6.45) is -0.897. The number of fused-ring (bicyclic) bond motifs is 1. The van der Waals surface area contributed by atoms with E-state index in [-0.39, 0.29) is 5.78 Å². The van der Waals surface area contributed by atoms with Gasteiger partial charge in [0, 0.05) is 16.5 Å². The summed E-state index contributed by atoms with van der Waals surface area (Å²) < 4.78 is 5.59. The van der Waals surface area contributed by atoms with Crippen molar-refractivity contribution in [1.82, 2.24) is 4.98 Å². The smallest absolute Gasteiger partial charge is 0.339 e. The fourth-order valence-corrected chi connectivity index (χ4v) is 3.55. The minimum absolute atomic E-state index is 0.234. The van der Waals surface area contributed by atoms with Crippen LogP contribution in [0.1, 0.15) is 38.8 Å². The Labute approximate surface area is 181 Å². The van der Waals surface area contributed by atoms with Crippen molar-refractivity contribution in [2.75, 3.05) is 0 Å². The van der Waals surface area contributed by atoms with Crippen molar-refractivity contribution in [3.63, 3.8) is 0 Å². The van der Waals surface area contributed by atoms with E-state index < -0.39 is 12.1 Å². The van der Waals surface area contributed by atoms with E-state index in [1.807, 2.05) is 62.4 Å². The third-order valence-corrected chi connectivity index (χ3v) is 5.32. The van der Waals surface area contributed by atoms with Gasteiger partial charge in [-0.05, 0) is 32.4 Å². The van der Waals surface area contributed by atoms with Gasteiger partial charge in [0.2, 0.25) is 5.78 Å². The molecule has 1 heterocycles. The van der Waals surface area contributed by atoms with Crippen LogP contribution in [0.2, 0.25) is 0 Å². The second-order valence-electron chi connectivity index (χ2n) is 7.67. The van der Waals surface area contributed by atoms with Crippen molar-refractivity contribution in [3.8, 4) is 11.3 Å². The standard InChI is InChI=1S/C27H23NO3/c1-17-12-14-20(15-13-17)24-16-23(22-11-7-8-18(2)25(22)28-24)27(30)31-19(3)26(29)21-9-5-4-6-10-21/h4-16,19H,1-3H3/t19-/m1/s1. The van der Waals surface area contributed by atoms with Crippen LogP contribution in [-0.2, 0) is 4.74 Å². The van der Waals surface area contributed by atoms with Crippen LogP contribution in [0.4, 0.5) is 0 Å². The van der Waals surface area contributed by atoms with Crippen LogP contribution in [0, 0.1) is 13.8 Å². The van der Waals surface area contributed by atoms with Gasteiger partial charge in [-0.3, -0.25) is 4.79 Å². The summed E-state index contributed by atoms with van der Waals surface area (Å²) in [5.41, 5.74) is 5.38. The van der Waals surface area contributed by atoms with E-state index in [0.717, 1.165) is 22.2 Å². The Bertz CT molecular complexity index is 1260. The number of Topliss-reactive ketones (excluding diaryl/α,β-unsaturated/α-hetero) is 1. The zero-order valence-corrected chi connectivity index (χ0v) is 17.8. The van der Waals surface area contributed by atoms with E-state index in [1.165, 1.54) is 0 Å². The molecule has 0 amide bonds. The second kappa shape index (κ2) is 8.52. The number of pyridine rings is 1. The average Bonchev–Trinajstić information content (AvgIpc) is 2.79. The zero-order valence-electron chi connectivity index (χ0n) is 17.8. The molecule has 154 valence electrons. The Balaban J connectivity index is 1.73. The highest BCUT2D eigenvalue weighted by Crippen LogP contribution is 2.28. The van der Waals surface area contributed by atoms with E-state index in [1.54, 1.807) is 37.3 Å². The Morgan fingerprint density at radius 2 is 1.58 bits per heavy atom. The third kappa shape index (κ3) is 4.24. The Morgan fingerprint density at radius 3 is 2.29 bits per heavy atom. The van der Waals surface area contributed by atoms with Crippen molar-refractivity contribution >= 4 is 22.7 Å². The molecule has 4 rings (SSSR count). The Kier molecular flexibility index (Phi) is 5.63. The van der Waals surface area contributed by atoms with E-state index >= 15 is 0 Å². The van der Waals surface area contributed by atoms with Gasteiger partial charge in [0.1, 0.15) is 0 Å². The predicted octanol–water partition coefficient (Wildman–Crippen LogP) is 5.95. The van der Waals surface area contributed by atoms with Crippen LogP contribution >= 0.6 is 0 Å². The number of para-hydroxylation sites is 1. The maximum atomic E-state index is 13.2. The average molecular weight is 409 g/mol. The lowest BCUT2D eigenvalue weighted by molar-refractivity contribution is 0.0320. The van der Waals surface area contributed by atoms with Gasteiger partial charge in [-0.1, -0.05) is 78.4 Å². The normalized spacial score (nSPS) is 11.8. The fourth-order valence-electron chi connectivity index (χ4n) is 3.55. The molecular weight excluding hydrogens is 386 g/mol. The van der Waals surface area contributed by atoms with E-state index in [9.17, 15) is 9.59 Å². The number of rotatable bonds is 5.